The van der Waals surface area contributed by atoms with E-state index in [1.54, 1.807) is 12.0 Å². The average molecular weight is 377 g/mol. The van der Waals surface area contributed by atoms with Gasteiger partial charge in [0.1, 0.15) is 5.75 Å². The molecule has 1 aromatic rings. The SMILES string of the molecule is CCNC(=NCc1cc(C)cc(OC)c1)NC1CCN(C(=O)OCC)CC1. The van der Waals surface area contributed by atoms with Crippen LogP contribution in [-0.4, -0.2) is 56.3 Å². The van der Waals surface area contributed by atoms with Gasteiger partial charge in [-0.3, -0.25) is 0 Å². The van der Waals surface area contributed by atoms with Crippen LogP contribution in [-0.2, 0) is 11.3 Å². The predicted molar refractivity (Wildman–Crippen MR) is 107 cm³/mol. The van der Waals surface area contributed by atoms with E-state index in [1.165, 1.54) is 0 Å². The maximum absolute atomic E-state index is 11.8. The van der Waals surface area contributed by atoms with Crippen molar-refractivity contribution < 1.29 is 14.3 Å². The molecule has 0 saturated carbocycles. The van der Waals surface area contributed by atoms with Crippen LogP contribution >= 0.6 is 0 Å². The number of amides is 1. The highest BCUT2D eigenvalue weighted by molar-refractivity contribution is 5.80. The van der Waals surface area contributed by atoms with Crippen molar-refractivity contribution >= 4 is 12.1 Å². The predicted octanol–water partition coefficient (Wildman–Crippen LogP) is 2.68. The maximum Gasteiger partial charge on any atom is 0.409 e. The molecule has 1 fully saturated rings. The second-order valence-corrected chi connectivity index (χ2v) is 6.66. The second kappa shape index (κ2) is 10.6. The molecule has 0 spiro atoms. The van der Waals surface area contributed by atoms with E-state index in [1.807, 2.05) is 19.1 Å². The van der Waals surface area contributed by atoms with Crippen molar-refractivity contribution in [2.75, 3.05) is 33.4 Å². The fourth-order valence-corrected chi connectivity index (χ4v) is 3.14. The number of nitrogens with zero attached hydrogens (tertiary/aromatic N) is 2. The van der Waals surface area contributed by atoms with E-state index >= 15 is 0 Å². The number of carbonyl (C=O) groups is 1. The van der Waals surface area contributed by atoms with Gasteiger partial charge in [0.2, 0.25) is 0 Å². The Kier molecular flexibility index (Phi) is 8.23. The summed E-state index contributed by atoms with van der Waals surface area (Å²) in [6.45, 7) is 9.12. The number of ether oxygens (including phenoxy) is 2. The number of guanidine groups is 1. The molecule has 150 valence electrons. The Morgan fingerprint density at radius 2 is 2.00 bits per heavy atom. The number of hydrogen-bond donors (Lipinski definition) is 2. The Balaban J connectivity index is 1.92. The summed E-state index contributed by atoms with van der Waals surface area (Å²) in [5.41, 5.74) is 2.27. The Morgan fingerprint density at radius 3 is 2.63 bits per heavy atom. The lowest BCUT2D eigenvalue weighted by Crippen LogP contribution is -2.49. The molecule has 7 nitrogen and oxygen atoms in total. The van der Waals surface area contributed by atoms with Crippen LogP contribution in [0.5, 0.6) is 5.75 Å². The number of likely N-dealkylation sites (tertiary alicyclic amines) is 1. The van der Waals surface area contributed by atoms with Crippen LogP contribution in [0.2, 0.25) is 0 Å². The summed E-state index contributed by atoms with van der Waals surface area (Å²) in [7, 11) is 1.68. The van der Waals surface area contributed by atoms with E-state index in [4.69, 9.17) is 14.5 Å². The molecule has 1 amide bonds. The van der Waals surface area contributed by atoms with Crippen LogP contribution in [0.3, 0.4) is 0 Å². The molecule has 1 saturated heterocycles. The summed E-state index contributed by atoms with van der Waals surface area (Å²) in [4.78, 5) is 18.3. The smallest absolute Gasteiger partial charge is 0.409 e. The first-order valence-corrected chi connectivity index (χ1v) is 9.66. The zero-order valence-electron chi connectivity index (χ0n) is 16.9. The highest BCUT2D eigenvalue weighted by Gasteiger charge is 2.24. The summed E-state index contributed by atoms with van der Waals surface area (Å²) < 4.78 is 10.4. The van der Waals surface area contributed by atoms with Gasteiger partial charge in [-0.2, -0.15) is 0 Å². The first-order valence-electron chi connectivity index (χ1n) is 9.66. The van der Waals surface area contributed by atoms with Gasteiger partial charge in [-0.1, -0.05) is 6.07 Å². The van der Waals surface area contributed by atoms with Crippen molar-refractivity contribution in [3.63, 3.8) is 0 Å². The Bertz CT molecular complexity index is 640. The zero-order valence-corrected chi connectivity index (χ0v) is 16.9. The van der Waals surface area contributed by atoms with Gasteiger partial charge in [0.15, 0.2) is 5.96 Å². The van der Waals surface area contributed by atoms with Crippen LogP contribution in [0.15, 0.2) is 23.2 Å². The van der Waals surface area contributed by atoms with Gasteiger partial charge in [-0.05, 0) is 56.9 Å². The number of hydrogen-bond acceptors (Lipinski definition) is 4. The van der Waals surface area contributed by atoms with Crippen LogP contribution in [0, 0.1) is 6.92 Å². The minimum atomic E-state index is -0.218. The highest BCUT2D eigenvalue weighted by Crippen LogP contribution is 2.17. The molecule has 27 heavy (non-hydrogen) atoms. The molecule has 1 aliphatic rings. The molecular weight excluding hydrogens is 344 g/mol. The molecule has 2 rings (SSSR count). The molecule has 0 radical (unpaired) electrons. The molecule has 0 aliphatic carbocycles. The number of aryl methyl sites for hydroxylation is 1. The molecule has 0 atom stereocenters. The van der Waals surface area contributed by atoms with Gasteiger partial charge in [0.25, 0.3) is 0 Å². The quantitative estimate of drug-likeness (QED) is 0.590. The highest BCUT2D eigenvalue weighted by atomic mass is 16.6. The monoisotopic (exact) mass is 376 g/mol. The van der Waals surface area contributed by atoms with Gasteiger partial charge >= 0.3 is 6.09 Å². The van der Waals surface area contributed by atoms with Crippen molar-refractivity contribution in [2.24, 2.45) is 4.99 Å². The Morgan fingerprint density at radius 1 is 1.26 bits per heavy atom. The molecule has 0 bridgehead atoms. The van der Waals surface area contributed by atoms with Crippen molar-refractivity contribution in [3.8, 4) is 5.75 Å². The molecule has 1 aromatic carbocycles. The molecule has 0 aromatic heterocycles. The lowest BCUT2D eigenvalue weighted by molar-refractivity contribution is 0.0963. The van der Waals surface area contributed by atoms with Crippen LogP contribution in [0.25, 0.3) is 0 Å². The Hall–Kier alpha value is -2.44. The maximum atomic E-state index is 11.8. The van der Waals surface area contributed by atoms with Crippen molar-refractivity contribution in [2.45, 2.75) is 46.2 Å². The number of rotatable bonds is 6. The van der Waals surface area contributed by atoms with Crippen molar-refractivity contribution in [1.82, 2.24) is 15.5 Å². The van der Waals surface area contributed by atoms with Gasteiger partial charge in [-0.25, -0.2) is 9.79 Å². The molecule has 2 N–H and O–H groups in total. The third-order valence-corrected chi connectivity index (χ3v) is 4.47. The number of nitrogens with one attached hydrogen (secondary N) is 2. The van der Waals surface area contributed by atoms with E-state index in [-0.39, 0.29) is 6.09 Å². The average Bonchev–Trinajstić information content (AvgIpc) is 2.66. The topological polar surface area (TPSA) is 75.2 Å². The summed E-state index contributed by atoms with van der Waals surface area (Å²) in [6, 6.07) is 6.43. The fraction of sp³-hybridized carbons (Fsp3) is 0.600. The molecule has 1 aliphatic heterocycles. The van der Waals surface area contributed by atoms with E-state index in [0.29, 0.717) is 32.3 Å². The van der Waals surface area contributed by atoms with E-state index in [9.17, 15) is 4.79 Å². The lowest BCUT2D eigenvalue weighted by Gasteiger charge is -2.32. The molecule has 1 heterocycles. The molecule has 7 heteroatoms. The first kappa shape index (κ1) is 20.9. The number of carbonyl (C=O) groups excluding carboxylic acids is 1. The van der Waals surface area contributed by atoms with Gasteiger partial charge in [-0.15, -0.1) is 0 Å². The number of aliphatic imine (C=N–C) groups is 1. The van der Waals surface area contributed by atoms with Gasteiger partial charge in [0.05, 0.1) is 20.3 Å². The zero-order chi connectivity index (χ0) is 19.6. The summed E-state index contributed by atoms with van der Waals surface area (Å²) in [5.74, 6) is 1.65. The summed E-state index contributed by atoms with van der Waals surface area (Å²) >= 11 is 0. The van der Waals surface area contributed by atoms with E-state index in [0.717, 1.165) is 42.2 Å². The summed E-state index contributed by atoms with van der Waals surface area (Å²) in [6.07, 6.45) is 1.54. The van der Waals surface area contributed by atoms with E-state index in [2.05, 4.69) is 30.5 Å². The van der Waals surface area contributed by atoms with E-state index < -0.39 is 0 Å². The van der Waals surface area contributed by atoms with Crippen molar-refractivity contribution in [3.05, 3.63) is 29.3 Å². The second-order valence-electron chi connectivity index (χ2n) is 6.66. The summed E-state index contributed by atoms with van der Waals surface area (Å²) in [5, 5.41) is 6.79. The third-order valence-electron chi connectivity index (χ3n) is 4.47. The third kappa shape index (κ3) is 6.66. The minimum absolute atomic E-state index is 0.218. The largest absolute Gasteiger partial charge is 0.497 e. The minimum Gasteiger partial charge on any atom is -0.497 e. The van der Waals surface area contributed by atoms with Crippen LogP contribution < -0.4 is 15.4 Å². The molecular formula is C20H32N4O3. The number of piperidine rings is 1. The number of methoxy groups -OCH3 is 1. The lowest BCUT2D eigenvalue weighted by atomic mass is 10.1. The van der Waals surface area contributed by atoms with Gasteiger partial charge < -0.3 is 25.0 Å². The fourth-order valence-electron chi connectivity index (χ4n) is 3.14. The molecule has 0 unspecified atom stereocenters. The number of benzene rings is 1. The normalized spacial score (nSPS) is 15.4. The Labute approximate surface area is 162 Å². The van der Waals surface area contributed by atoms with Crippen molar-refractivity contribution in [1.29, 1.82) is 0 Å². The van der Waals surface area contributed by atoms with Crippen LogP contribution in [0.4, 0.5) is 4.79 Å². The standard InChI is InChI=1S/C20H32N4O3/c1-5-21-19(22-14-16-11-15(3)12-18(13-16)26-4)23-17-7-9-24(10-8-17)20(25)27-6-2/h11-13,17H,5-10,14H2,1-4H3,(H2,21,22,23). The van der Waals surface area contributed by atoms with Gasteiger partial charge in [0, 0.05) is 25.7 Å². The van der Waals surface area contributed by atoms with Crippen LogP contribution in [0.1, 0.15) is 37.8 Å². The first-order chi connectivity index (χ1) is 13.0.